The van der Waals surface area contributed by atoms with Gasteiger partial charge in [0, 0.05) is 42.4 Å². The molecule has 2 aromatic rings. The van der Waals surface area contributed by atoms with Gasteiger partial charge in [0.15, 0.2) is 5.13 Å². The molecule has 0 N–H and O–H groups in total. The highest BCUT2D eigenvalue weighted by Crippen LogP contribution is 2.30. The van der Waals surface area contributed by atoms with Gasteiger partial charge in [-0.1, -0.05) is 50.3 Å². The van der Waals surface area contributed by atoms with Crippen LogP contribution in [0.1, 0.15) is 26.7 Å². The van der Waals surface area contributed by atoms with Crippen molar-refractivity contribution >= 4 is 28.3 Å². The molecule has 5 nitrogen and oxygen atoms in total. The Morgan fingerprint density at radius 1 is 1.29 bits per heavy atom. The largest absolute Gasteiger partial charge is 0.342 e. The number of amides is 2. The van der Waals surface area contributed by atoms with E-state index in [0.717, 1.165) is 11.3 Å². The van der Waals surface area contributed by atoms with Crippen LogP contribution in [0.4, 0.5) is 5.13 Å². The summed E-state index contributed by atoms with van der Waals surface area (Å²) in [7, 11) is 0. The van der Waals surface area contributed by atoms with Crippen molar-refractivity contribution in [3.05, 3.63) is 48.4 Å². The predicted molar refractivity (Wildman–Crippen MR) is 114 cm³/mol. The summed E-state index contributed by atoms with van der Waals surface area (Å²) in [6.07, 6.45) is 3.13. The van der Waals surface area contributed by atoms with Crippen LogP contribution >= 0.6 is 11.3 Å². The summed E-state index contributed by atoms with van der Waals surface area (Å²) in [5.74, 6) is 0.156. The van der Waals surface area contributed by atoms with Crippen LogP contribution in [-0.2, 0) is 9.59 Å². The molecule has 0 saturated carbocycles. The molecule has 1 aliphatic rings. The molecule has 0 bridgehead atoms. The summed E-state index contributed by atoms with van der Waals surface area (Å²) in [4.78, 5) is 33.7. The van der Waals surface area contributed by atoms with Crippen molar-refractivity contribution in [2.45, 2.75) is 26.7 Å². The predicted octanol–water partition coefficient (Wildman–Crippen LogP) is 4.22. The van der Waals surface area contributed by atoms with Gasteiger partial charge in [-0.2, -0.15) is 0 Å². The van der Waals surface area contributed by atoms with Crippen molar-refractivity contribution in [1.29, 1.82) is 0 Å². The highest BCUT2D eigenvalue weighted by molar-refractivity contribution is 7.14. The Labute approximate surface area is 170 Å². The zero-order valence-electron chi connectivity index (χ0n) is 16.5. The number of hydrogen-bond donors (Lipinski definition) is 0. The summed E-state index contributed by atoms with van der Waals surface area (Å²) in [6, 6.07) is 9.96. The number of piperidine rings is 1. The summed E-state index contributed by atoms with van der Waals surface area (Å²) in [5.41, 5.74) is 1.91. The molecule has 1 aromatic heterocycles. The van der Waals surface area contributed by atoms with E-state index in [-0.39, 0.29) is 23.7 Å². The minimum absolute atomic E-state index is 0.00348. The normalized spacial score (nSPS) is 14.9. The Balaban J connectivity index is 1.71. The third kappa shape index (κ3) is 4.50. The molecule has 1 aromatic carbocycles. The lowest BCUT2D eigenvalue weighted by Crippen LogP contribution is -2.45. The molecule has 3 rings (SSSR count). The lowest BCUT2D eigenvalue weighted by molar-refractivity contribution is -0.137. The quantitative estimate of drug-likeness (QED) is 0.686. The summed E-state index contributed by atoms with van der Waals surface area (Å²) < 4.78 is 0. The van der Waals surface area contributed by atoms with E-state index in [0.29, 0.717) is 37.6 Å². The van der Waals surface area contributed by atoms with E-state index < -0.39 is 0 Å². The van der Waals surface area contributed by atoms with Crippen LogP contribution in [0.3, 0.4) is 0 Å². The van der Waals surface area contributed by atoms with Crippen molar-refractivity contribution in [1.82, 2.24) is 9.88 Å². The van der Waals surface area contributed by atoms with Crippen molar-refractivity contribution in [2.75, 3.05) is 24.5 Å². The number of hydrogen-bond acceptors (Lipinski definition) is 4. The number of nitrogens with zero attached hydrogens (tertiary/aromatic N) is 3. The highest BCUT2D eigenvalue weighted by Gasteiger charge is 2.32. The summed E-state index contributed by atoms with van der Waals surface area (Å²) in [6.45, 7) is 9.35. The van der Waals surface area contributed by atoms with E-state index in [1.165, 1.54) is 11.3 Å². The van der Waals surface area contributed by atoms with Gasteiger partial charge >= 0.3 is 0 Å². The number of aromatic nitrogens is 1. The van der Waals surface area contributed by atoms with E-state index in [9.17, 15) is 9.59 Å². The Morgan fingerprint density at radius 2 is 1.96 bits per heavy atom. The first-order chi connectivity index (χ1) is 13.5. The van der Waals surface area contributed by atoms with Crippen molar-refractivity contribution in [2.24, 2.45) is 11.8 Å². The second-order valence-electron chi connectivity index (χ2n) is 7.37. The van der Waals surface area contributed by atoms with Crippen LogP contribution in [0, 0.1) is 11.8 Å². The minimum atomic E-state index is -0.0831. The number of thiazole rings is 1. The number of carbonyl (C=O) groups excluding carboxylic acids is 2. The Bertz CT molecular complexity index is 823. The number of benzene rings is 1. The van der Waals surface area contributed by atoms with Crippen LogP contribution in [0.25, 0.3) is 11.3 Å². The van der Waals surface area contributed by atoms with Gasteiger partial charge in [-0.05, 0) is 12.8 Å². The van der Waals surface area contributed by atoms with E-state index in [1.807, 2.05) is 54.5 Å². The van der Waals surface area contributed by atoms with E-state index in [2.05, 4.69) is 6.58 Å². The fraction of sp³-hybridized carbons (Fsp3) is 0.409. The van der Waals surface area contributed by atoms with E-state index in [4.69, 9.17) is 4.98 Å². The molecule has 0 aliphatic carbocycles. The minimum Gasteiger partial charge on any atom is -0.342 e. The van der Waals surface area contributed by atoms with Crippen molar-refractivity contribution < 1.29 is 9.59 Å². The lowest BCUT2D eigenvalue weighted by Gasteiger charge is -2.34. The first kappa shape index (κ1) is 20.3. The number of carbonyl (C=O) groups is 2. The number of likely N-dealkylation sites (tertiary alicyclic amines) is 1. The first-order valence-electron chi connectivity index (χ1n) is 9.73. The number of rotatable bonds is 6. The Kier molecular flexibility index (Phi) is 6.62. The van der Waals surface area contributed by atoms with Gasteiger partial charge in [-0.15, -0.1) is 17.9 Å². The second kappa shape index (κ2) is 9.15. The zero-order chi connectivity index (χ0) is 20.1. The molecule has 0 radical (unpaired) electrons. The first-order valence-corrected chi connectivity index (χ1v) is 10.6. The molecular formula is C22H27N3O2S. The van der Waals surface area contributed by atoms with E-state index >= 15 is 0 Å². The maximum atomic E-state index is 13.2. The molecule has 1 aliphatic heterocycles. The fourth-order valence-electron chi connectivity index (χ4n) is 3.45. The van der Waals surface area contributed by atoms with Crippen LogP contribution in [-0.4, -0.2) is 41.3 Å². The average Bonchev–Trinajstić information content (AvgIpc) is 3.21. The monoisotopic (exact) mass is 397 g/mol. The molecule has 0 unspecified atom stereocenters. The molecule has 28 heavy (non-hydrogen) atoms. The smallest absolute Gasteiger partial charge is 0.232 e. The molecule has 6 heteroatoms. The molecule has 2 heterocycles. The molecule has 0 spiro atoms. The second-order valence-corrected chi connectivity index (χ2v) is 8.21. The molecule has 2 amide bonds. The Morgan fingerprint density at radius 3 is 2.57 bits per heavy atom. The van der Waals surface area contributed by atoms with Gasteiger partial charge in [0.1, 0.15) is 0 Å². The van der Waals surface area contributed by atoms with Crippen LogP contribution < -0.4 is 4.90 Å². The van der Waals surface area contributed by atoms with Crippen molar-refractivity contribution in [3.8, 4) is 11.3 Å². The zero-order valence-corrected chi connectivity index (χ0v) is 17.3. The SMILES string of the molecule is C=CCN(C(=O)C1CCN(C(=O)C(C)C)CC1)c1nc(-c2ccccc2)cs1. The van der Waals surface area contributed by atoms with Crippen molar-refractivity contribution in [3.63, 3.8) is 0 Å². The van der Waals surface area contributed by atoms with Crippen LogP contribution in [0.2, 0.25) is 0 Å². The van der Waals surface area contributed by atoms with Crippen LogP contribution in [0.5, 0.6) is 0 Å². The van der Waals surface area contributed by atoms with Gasteiger partial charge in [-0.3, -0.25) is 14.5 Å². The molecule has 1 fully saturated rings. The lowest BCUT2D eigenvalue weighted by atomic mass is 9.94. The molecular weight excluding hydrogens is 370 g/mol. The number of anilines is 1. The highest BCUT2D eigenvalue weighted by atomic mass is 32.1. The average molecular weight is 398 g/mol. The van der Waals surface area contributed by atoms with Gasteiger partial charge in [-0.25, -0.2) is 4.98 Å². The Hall–Kier alpha value is -2.47. The third-order valence-electron chi connectivity index (χ3n) is 5.02. The van der Waals surface area contributed by atoms with Gasteiger partial charge in [0.2, 0.25) is 11.8 Å². The molecule has 1 saturated heterocycles. The van der Waals surface area contributed by atoms with Crippen LogP contribution in [0.15, 0.2) is 48.4 Å². The maximum absolute atomic E-state index is 13.2. The summed E-state index contributed by atoms with van der Waals surface area (Å²) in [5, 5.41) is 2.68. The molecule has 0 atom stereocenters. The van der Waals surface area contributed by atoms with E-state index in [1.54, 1.807) is 11.0 Å². The third-order valence-corrected chi connectivity index (χ3v) is 5.88. The standard InChI is InChI=1S/C22H27N3O2S/c1-4-12-25(22-23-19(15-28-22)17-8-6-5-7-9-17)21(27)18-10-13-24(14-11-18)20(26)16(2)3/h4-9,15-16,18H,1,10-14H2,2-3H3. The maximum Gasteiger partial charge on any atom is 0.232 e. The van der Waals surface area contributed by atoms with Gasteiger partial charge < -0.3 is 4.90 Å². The molecule has 148 valence electrons. The summed E-state index contributed by atoms with van der Waals surface area (Å²) >= 11 is 1.48. The van der Waals surface area contributed by atoms with Gasteiger partial charge in [0.25, 0.3) is 0 Å². The fourth-order valence-corrected chi connectivity index (χ4v) is 4.30. The topological polar surface area (TPSA) is 53.5 Å². The van der Waals surface area contributed by atoms with Gasteiger partial charge in [0.05, 0.1) is 5.69 Å².